The van der Waals surface area contributed by atoms with Gasteiger partial charge in [0, 0.05) is 12.6 Å². The number of hydrogen-bond donors (Lipinski definition) is 3. The van der Waals surface area contributed by atoms with Crippen molar-refractivity contribution in [3.05, 3.63) is 35.3 Å². The van der Waals surface area contributed by atoms with Crippen LogP contribution in [0.15, 0.2) is 24.3 Å². The van der Waals surface area contributed by atoms with Gasteiger partial charge in [0.1, 0.15) is 0 Å². The van der Waals surface area contributed by atoms with Gasteiger partial charge in [0.15, 0.2) is 11.3 Å². The Hall–Kier alpha value is -3.23. The molecular formula is C14H16N6O3. The number of esters is 1. The van der Waals surface area contributed by atoms with E-state index in [2.05, 4.69) is 15.4 Å². The van der Waals surface area contributed by atoms with E-state index in [0.717, 1.165) is 4.68 Å². The van der Waals surface area contributed by atoms with Crippen LogP contribution in [-0.2, 0) is 4.74 Å². The van der Waals surface area contributed by atoms with Gasteiger partial charge < -0.3 is 15.8 Å². The lowest BCUT2D eigenvalue weighted by Gasteiger charge is -2.09. The number of ether oxygens (including phenoxy) is 1. The van der Waals surface area contributed by atoms with Crippen molar-refractivity contribution in [2.45, 2.75) is 13.8 Å². The molecule has 0 saturated carbocycles. The van der Waals surface area contributed by atoms with Crippen LogP contribution < -0.4 is 16.5 Å². The van der Waals surface area contributed by atoms with Gasteiger partial charge in [-0.15, -0.1) is 5.10 Å². The molecule has 2 aromatic rings. The molecule has 0 bridgehead atoms. The van der Waals surface area contributed by atoms with Crippen molar-refractivity contribution in [2.24, 2.45) is 0 Å². The minimum absolute atomic E-state index is 0.0672. The number of benzene rings is 1. The molecule has 1 aromatic carbocycles. The fraction of sp³-hybridized carbons (Fsp3) is 0.214. The van der Waals surface area contributed by atoms with Crippen molar-refractivity contribution in [2.75, 3.05) is 17.7 Å². The van der Waals surface area contributed by atoms with Crippen molar-refractivity contribution in [1.82, 2.24) is 14.8 Å². The molecule has 0 radical (unpaired) electrons. The fourth-order valence-electron chi connectivity index (χ4n) is 1.76. The van der Waals surface area contributed by atoms with E-state index < -0.39 is 11.9 Å². The summed E-state index contributed by atoms with van der Waals surface area (Å²) in [7, 11) is 0. The van der Waals surface area contributed by atoms with E-state index in [-0.39, 0.29) is 17.3 Å². The van der Waals surface area contributed by atoms with Crippen LogP contribution in [0.3, 0.4) is 0 Å². The minimum Gasteiger partial charge on any atom is -0.462 e. The summed E-state index contributed by atoms with van der Waals surface area (Å²) < 4.78 is 5.74. The van der Waals surface area contributed by atoms with Crippen molar-refractivity contribution in [3.63, 3.8) is 0 Å². The SMILES string of the molecule is CCOC(=O)c1ccc(Nc2nc(N)c(=N)n(C(C)=O)n2)cc1. The van der Waals surface area contributed by atoms with Crippen molar-refractivity contribution >= 4 is 29.3 Å². The zero-order valence-electron chi connectivity index (χ0n) is 12.7. The summed E-state index contributed by atoms with van der Waals surface area (Å²) in [6, 6.07) is 6.44. The second kappa shape index (κ2) is 6.69. The number of anilines is 3. The van der Waals surface area contributed by atoms with Crippen molar-refractivity contribution < 1.29 is 14.3 Å². The third-order valence-electron chi connectivity index (χ3n) is 2.83. The molecule has 9 heteroatoms. The van der Waals surface area contributed by atoms with E-state index in [4.69, 9.17) is 15.9 Å². The average molecular weight is 316 g/mol. The van der Waals surface area contributed by atoms with Crippen LogP contribution in [0.25, 0.3) is 0 Å². The standard InChI is InChI=1S/C14H16N6O3/c1-3-23-13(22)9-4-6-10(7-5-9)17-14-18-11(15)12(16)20(19-14)8(2)21/h4-7,16H,3H2,1-2H3,(H3,15,17,18,19). The number of carbonyl (C=O) groups excluding carboxylic acids is 2. The summed E-state index contributed by atoms with van der Waals surface area (Å²) in [6.07, 6.45) is 0. The minimum atomic E-state index is -0.454. The lowest BCUT2D eigenvalue weighted by molar-refractivity contribution is 0.0526. The predicted octanol–water partition coefficient (Wildman–Crippen LogP) is 0.920. The van der Waals surface area contributed by atoms with Gasteiger partial charge in [-0.1, -0.05) is 0 Å². The number of nitrogens with two attached hydrogens (primary N) is 1. The lowest BCUT2D eigenvalue weighted by Crippen LogP contribution is -2.31. The van der Waals surface area contributed by atoms with E-state index >= 15 is 0 Å². The largest absolute Gasteiger partial charge is 0.462 e. The smallest absolute Gasteiger partial charge is 0.338 e. The Labute approximate surface area is 131 Å². The lowest BCUT2D eigenvalue weighted by atomic mass is 10.2. The van der Waals surface area contributed by atoms with Gasteiger partial charge in [-0.05, 0) is 31.2 Å². The maximum absolute atomic E-state index is 11.6. The first kappa shape index (κ1) is 16.1. The highest BCUT2D eigenvalue weighted by Gasteiger charge is 2.09. The molecule has 120 valence electrons. The Morgan fingerprint density at radius 3 is 2.57 bits per heavy atom. The number of aromatic nitrogens is 3. The molecule has 0 fully saturated rings. The highest BCUT2D eigenvalue weighted by molar-refractivity contribution is 5.89. The number of nitrogens with zero attached hydrogens (tertiary/aromatic N) is 3. The maximum Gasteiger partial charge on any atom is 0.338 e. The van der Waals surface area contributed by atoms with E-state index in [0.29, 0.717) is 17.9 Å². The third-order valence-corrected chi connectivity index (χ3v) is 2.83. The molecule has 4 N–H and O–H groups in total. The number of nitrogen functional groups attached to an aromatic ring is 1. The quantitative estimate of drug-likeness (QED) is 0.713. The molecule has 23 heavy (non-hydrogen) atoms. The molecule has 0 atom stereocenters. The molecule has 9 nitrogen and oxygen atoms in total. The number of carbonyl (C=O) groups is 2. The molecule has 0 aliphatic carbocycles. The van der Waals surface area contributed by atoms with Crippen molar-refractivity contribution in [3.8, 4) is 0 Å². The van der Waals surface area contributed by atoms with Crippen LogP contribution >= 0.6 is 0 Å². The van der Waals surface area contributed by atoms with Gasteiger partial charge in [-0.25, -0.2) is 4.79 Å². The van der Waals surface area contributed by atoms with Gasteiger partial charge >= 0.3 is 5.97 Å². The monoisotopic (exact) mass is 316 g/mol. The van der Waals surface area contributed by atoms with Gasteiger partial charge in [0.25, 0.3) is 0 Å². The molecule has 0 saturated heterocycles. The summed E-state index contributed by atoms with van der Waals surface area (Å²) in [5, 5.41) is 14.4. The Bertz CT molecular complexity index is 797. The van der Waals surface area contributed by atoms with Crippen LogP contribution in [0.5, 0.6) is 0 Å². The molecule has 0 aliphatic heterocycles. The van der Waals surface area contributed by atoms with Crippen LogP contribution in [0.1, 0.15) is 29.0 Å². The molecule has 0 unspecified atom stereocenters. The Kier molecular flexibility index (Phi) is 4.69. The van der Waals surface area contributed by atoms with Gasteiger partial charge in [0.2, 0.25) is 11.9 Å². The van der Waals surface area contributed by atoms with Crippen LogP contribution in [-0.4, -0.2) is 33.2 Å². The van der Waals surface area contributed by atoms with Gasteiger partial charge in [-0.2, -0.15) is 9.67 Å². The first-order chi connectivity index (χ1) is 10.9. The topological polar surface area (TPSA) is 136 Å². The Morgan fingerprint density at radius 1 is 1.35 bits per heavy atom. The van der Waals surface area contributed by atoms with Gasteiger partial charge in [0.05, 0.1) is 12.2 Å². The summed E-state index contributed by atoms with van der Waals surface area (Å²) in [5.74, 6) is -0.921. The number of nitrogens with one attached hydrogen (secondary N) is 2. The normalized spacial score (nSPS) is 10.2. The molecule has 1 heterocycles. The average Bonchev–Trinajstić information content (AvgIpc) is 2.51. The van der Waals surface area contributed by atoms with E-state index in [1.165, 1.54) is 6.92 Å². The molecule has 2 rings (SSSR count). The second-order valence-electron chi connectivity index (χ2n) is 4.52. The highest BCUT2D eigenvalue weighted by atomic mass is 16.5. The second-order valence-corrected chi connectivity index (χ2v) is 4.52. The first-order valence-corrected chi connectivity index (χ1v) is 6.79. The molecule has 0 spiro atoms. The maximum atomic E-state index is 11.6. The summed E-state index contributed by atoms with van der Waals surface area (Å²) in [4.78, 5) is 26.9. The summed E-state index contributed by atoms with van der Waals surface area (Å²) in [6.45, 7) is 3.30. The predicted molar refractivity (Wildman–Crippen MR) is 82.3 cm³/mol. The van der Waals surface area contributed by atoms with Crippen LogP contribution in [0.4, 0.5) is 17.5 Å². The van der Waals surface area contributed by atoms with Crippen molar-refractivity contribution in [1.29, 1.82) is 5.41 Å². The Morgan fingerprint density at radius 2 is 2.00 bits per heavy atom. The molecule has 0 aliphatic rings. The van der Waals surface area contributed by atoms with Gasteiger partial charge in [-0.3, -0.25) is 10.2 Å². The number of rotatable bonds is 4. The molecule has 1 aromatic heterocycles. The van der Waals surface area contributed by atoms with E-state index in [1.807, 2.05) is 0 Å². The zero-order chi connectivity index (χ0) is 17.0. The first-order valence-electron chi connectivity index (χ1n) is 6.79. The molecule has 0 amide bonds. The Balaban J connectivity index is 2.24. The van der Waals surface area contributed by atoms with E-state index in [9.17, 15) is 9.59 Å². The summed E-state index contributed by atoms with van der Waals surface area (Å²) >= 11 is 0. The fourth-order valence-corrected chi connectivity index (χ4v) is 1.76. The van der Waals surface area contributed by atoms with Crippen LogP contribution in [0.2, 0.25) is 0 Å². The van der Waals surface area contributed by atoms with Crippen LogP contribution in [0, 0.1) is 5.41 Å². The zero-order valence-corrected chi connectivity index (χ0v) is 12.7. The third kappa shape index (κ3) is 3.70. The highest BCUT2D eigenvalue weighted by Crippen LogP contribution is 2.14. The summed E-state index contributed by atoms with van der Waals surface area (Å²) in [5.41, 5.74) is 6.32. The molecular weight excluding hydrogens is 300 g/mol. The number of hydrogen-bond acceptors (Lipinski definition) is 8. The van der Waals surface area contributed by atoms with E-state index in [1.54, 1.807) is 31.2 Å².